The van der Waals surface area contributed by atoms with Gasteiger partial charge in [-0.2, -0.15) is 0 Å². The fourth-order valence-electron chi connectivity index (χ4n) is 1.34. The van der Waals surface area contributed by atoms with E-state index >= 15 is 0 Å². The van der Waals surface area contributed by atoms with Crippen molar-refractivity contribution in [3.05, 3.63) is 33.9 Å². The second-order valence-corrected chi connectivity index (χ2v) is 3.41. The molecule has 18 heavy (non-hydrogen) atoms. The zero-order valence-electron chi connectivity index (χ0n) is 9.88. The van der Waals surface area contributed by atoms with Crippen LogP contribution in [0.5, 0.6) is 5.75 Å². The van der Waals surface area contributed by atoms with Gasteiger partial charge in [0.1, 0.15) is 11.3 Å². The van der Waals surface area contributed by atoms with Crippen LogP contribution < -0.4 is 5.32 Å². The highest BCUT2D eigenvalue weighted by Crippen LogP contribution is 2.22. The molecule has 0 aliphatic rings. The molecule has 7 heteroatoms. The third kappa shape index (κ3) is 3.70. The van der Waals surface area contributed by atoms with Crippen molar-refractivity contribution >= 4 is 11.6 Å². The first-order valence-corrected chi connectivity index (χ1v) is 5.39. The van der Waals surface area contributed by atoms with Gasteiger partial charge in [-0.1, -0.05) is 0 Å². The topological polar surface area (TPSA) is 102 Å². The highest BCUT2D eigenvalue weighted by Gasteiger charge is 2.20. The highest BCUT2D eigenvalue weighted by molar-refractivity contribution is 5.98. The number of hydrogen-bond acceptors (Lipinski definition) is 5. The lowest BCUT2D eigenvalue weighted by Crippen LogP contribution is -2.27. The number of rotatable bonds is 6. The fraction of sp³-hybridized carbons (Fsp3) is 0.364. The first kappa shape index (κ1) is 13.9. The lowest BCUT2D eigenvalue weighted by molar-refractivity contribution is -0.385. The summed E-state index contributed by atoms with van der Waals surface area (Å²) in [5.41, 5.74) is -0.516. The number of phenols is 1. The van der Waals surface area contributed by atoms with Crippen molar-refractivity contribution in [1.29, 1.82) is 0 Å². The normalized spacial score (nSPS) is 10.1. The number of carbonyl (C=O) groups is 1. The SMILES string of the molecule is CCOCCNC(=O)c1cc(O)ccc1[N+](=O)[O-]. The van der Waals surface area contributed by atoms with Gasteiger partial charge in [-0.15, -0.1) is 0 Å². The van der Waals surface area contributed by atoms with Gasteiger partial charge < -0.3 is 15.2 Å². The standard InChI is InChI=1S/C11H14N2O5/c1-2-18-6-5-12-11(15)9-7-8(14)3-4-10(9)13(16)17/h3-4,7,14H,2,5-6H2,1H3,(H,12,15). The summed E-state index contributed by atoms with van der Waals surface area (Å²) < 4.78 is 5.02. The molecule has 2 N–H and O–H groups in total. The summed E-state index contributed by atoms with van der Waals surface area (Å²) in [5.74, 6) is -0.812. The number of nitro groups is 1. The zero-order chi connectivity index (χ0) is 13.5. The maximum absolute atomic E-state index is 11.7. The molecule has 0 atom stereocenters. The van der Waals surface area contributed by atoms with Gasteiger partial charge in [0.25, 0.3) is 11.6 Å². The summed E-state index contributed by atoms with van der Waals surface area (Å²) in [7, 11) is 0. The van der Waals surface area contributed by atoms with Gasteiger partial charge in [-0.25, -0.2) is 0 Å². The molecule has 1 rings (SSSR count). The number of carbonyl (C=O) groups excluding carboxylic acids is 1. The molecule has 7 nitrogen and oxygen atoms in total. The summed E-state index contributed by atoms with van der Waals surface area (Å²) >= 11 is 0. The number of nitrogens with zero attached hydrogens (tertiary/aromatic N) is 1. The zero-order valence-corrected chi connectivity index (χ0v) is 9.88. The second-order valence-electron chi connectivity index (χ2n) is 3.41. The van der Waals surface area contributed by atoms with Crippen molar-refractivity contribution in [2.75, 3.05) is 19.8 Å². The Bertz CT molecular complexity index is 447. The largest absolute Gasteiger partial charge is 0.508 e. The molecule has 0 unspecified atom stereocenters. The second kappa shape index (κ2) is 6.55. The smallest absolute Gasteiger partial charge is 0.282 e. The summed E-state index contributed by atoms with van der Waals surface area (Å²) in [4.78, 5) is 21.8. The van der Waals surface area contributed by atoms with E-state index in [2.05, 4.69) is 5.32 Å². The molecule has 0 aliphatic carbocycles. The molecular weight excluding hydrogens is 240 g/mol. The van der Waals surface area contributed by atoms with Crippen LogP contribution in [0.25, 0.3) is 0 Å². The van der Waals surface area contributed by atoms with Crippen LogP contribution in [-0.4, -0.2) is 35.7 Å². The lowest BCUT2D eigenvalue weighted by atomic mass is 10.1. The Morgan fingerprint density at radius 1 is 1.56 bits per heavy atom. The van der Waals surface area contributed by atoms with E-state index in [0.717, 1.165) is 18.2 Å². The Morgan fingerprint density at radius 3 is 2.89 bits per heavy atom. The van der Waals surface area contributed by atoms with E-state index in [-0.39, 0.29) is 23.5 Å². The minimum absolute atomic E-state index is 0.170. The molecule has 0 fully saturated rings. The first-order chi connectivity index (χ1) is 8.56. The van der Waals surface area contributed by atoms with E-state index < -0.39 is 10.8 Å². The molecule has 0 saturated carbocycles. The van der Waals surface area contributed by atoms with Gasteiger partial charge in [-0.3, -0.25) is 14.9 Å². The number of aromatic hydroxyl groups is 1. The quantitative estimate of drug-likeness (QED) is 0.449. The van der Waals surface area contributed by atoms with Gasteiger partial charge in [-0.05, 0) is 19.1 Å². The van der Waals surface area contributed by atoms with Crippen LogP contribution in [0.4, 0.5) is 5.69 Å². The van der Waals surface area contributed by atoms with Crippen LogP contribution >= 0.6 is 0 Å². The number of ether oxygens (including phenoxy) is 1. The van der Waals surface area contributed by atoms with Crippen molar-refractivity contribution in [1.82, 2.24) is 5.32 Å². The minimum Gasteiger partial charge on any atom is -0.508 e. The predicted molar refractivity (Wildman–Crippen MR) is 63.6 cm³/mol. The van der Waals surface area contributed by atoms with Gasteiger partial charge >= 0.3 is 0 Å². The molecule has 0 heterocycles. The number of nitro benzene ring substituents is 1. The van der Waals surface area contributed by atoms with Crippen LogP contribution in [-0.2, 0) is 4.74 Å². The van der Waals surface area contributed by atoms with Gasteiger partial charge in [0, 0.05) is 19.2 Å². The average Bonchev–Trinajstić information content (AvgIpc) is 2.34. The molecule has 0 bridgehead atoms. The van der Waals surface area contributed by atoms with Gasteiger partial charge in [0.15, 0.2) is 0 Å². The maximum atomic E-state index is 11.7. The van der Waals surface area contributed by atoms with Gasteiger partial charge in [0.05, 0.1) is 11.5 Å². The molecule has 0 aromatic heterocycles. The van der Waals surface area contributed by atoms with Crippen LogP contribution in [0.1, 0.15) is 17.3 Å². The number of hydrogen-bond donors (Lipinski definition) is 2. The van der Waals surface area contributed by atoms with E-state index in [0.29, 0.717) is 13.2 Å². The Labute approximate surface area is 104 Å². The van der Waals surface area contributed by atoms with Crippen LogP contribution in [0.15, 0.2) is 18.2 Å². The summed E-state index contributed by atoms with van der Waals surface area (Å²) in [6.07, 6.45) is 0. The fourth-order valence-corrected chi connectivity index (χ4v) is 1.34. The molecule has 1 amide bonds. The highest BCUT2D eigenvalue weighted by atomic mass is 16.6. The predicted octanol–water partition coefficient (Wildman–Crippen LogP) is 1.07. The Kier molecular flexibility index (Phi) is 5.06. The molecule has 1 aromatic carbocycles. The minimum atomic E-state index is -0.670. The maximum Gasteiger partial charge on any atom is 0.282 e. The first-order valence-electron chi connectivity index (χ1n) is 5.39. The monoisotopic (exact) mass is 254 g/mol. The van der Waals surface area contributed by atoms with Crippen LogP contribution in [0.2, 0.25) is 0 Å². The van der Waals surface area contributed by atoms with E-state index in [4.69, 9.17) is 4.74 Å². The molecule has 1 aromatic rings. The average molecular weight is 254 g/mol. The van der Waals surface area contributed by atoms with E-state index in [9.17, 15) is 20.0 Å². The van der Waals surface area contributed by atoms with Crippen molar-refractivity contribution in [3.8, 4) is 5.75 Å². The number of nitrogens with one attached hydrogen (secondary N) is 1. The van der Waals surface area contributed by atoms with Crippen molar-refractivity contribution < 1.29 is 19.6 Å². The summed E-state index contributed by atoms with van der Waals surface area (Å²) in [6.45, 7) is 2.93. The van der Waals surface area contributed by atoms with Crippen LogP contribution in [0.3, 0.4) is 0 Å². The molecule has 0 aliphatic heterocycles. The van der Waals surface area contributed by atoms with E-state index in [1.807, 2.05) is 6.92 Å². The van der Waals surface area contributed by atoms with Crippen LogP contribution in [0, 0.1) is 10.1 Å². The summed E-state index contributed by atoms with van der Waals surface area (Å²) in [5, 5.41) is 22.5. The Balaban J connectivity index is 2.77. The van der Waals surface area contributed by atoms with Crippen molar-refractivity contribution in [3.63, 3.8) is 0 Å². The number of benzene rings is 1. The summed E-state index contributed by atoms with van der Waals surface area (Å²) in [6, 6.07) is 3.32. The van der Waals surface area contributed by atoms with Gasteiger partial charge in [0.2, 0.25) is 0 Å². The molecule has 0 spiro atoms. The molecule has 0 saturated heterocycles. The Morgan fingerprint density at radius 2 is 2.28 bits per heavy atom. The van der Waals surface area contributed by atoms with E-state index in [1.54, 1.807) is 0 Å². The third-order valence-electron chi connectivity index (χ3n) is 2.16. The van der Waals surface area contributed by atoms with Crippen molar-refractivity contribution in [2.24, 2.45) is 0 Å². The lowest BCUT2D eigenvalue weighted by Gasteiger charge is -2.06. The third-order valence-corrected chi connectivity index (χ3v) is 2.16. The Hall–Kier alpha value is -2.15. The molecule has 98 valence electrons. The number of phenolic OH excluding ortho intramolecular Hbond substituents is 1. The van der Waals surface area contributed by atoms with E-state index in [1.165, 1.54) is 0 Å². The number of amides is 1. The van der Waals surface area contributed by atoms with Crippen molar-refractivity contribution in [2.45, 2.75) is 6.92 Å². The molecule has 0 radical (unpaired) electrons. The molecular formula is C11H14N2O5.